The highest BCUT2D eigenvalue weighted by Gasteiger charge is 2.38. The van der Waals surface area contributed by atoms with E-state index in [1.54, 1.807) is 53.4 Å². The van der Waals surface area contributed by atoms with E-state index in [1.807, 2.05) is 0 Å². The Kier molecular flexibility index (Phi) is 11.4. The van der Waals surface area contributed by atoms with E-state index < -0.39 is 24.3 Å². The average molecular weight is 606 g/mol. The maximum atomic E-state index is 13.5. The number of carbonyl (C=O) groups excluding carboxylic acids is 2. The van der Waals surface area contributed by atoms with E-state index in [1.165, 1.54) is 0 Å². The molecule has 0 bridgehead atoms. The number of carboxylic acid groups (broad SMARTS) is 1. The van der Waals surface area contributed by atoms with Gasteiger partial charge in [-0.25, -0.2) is 9.59 Å². The van der Waals surface area contributed by atoms with Crippen molar-refractivity contribution in [2.75, 3.05) is 44.7 Å². The summed E-state index contributed by atoms with van der Waals surface area (Å²) in [6, 6.07) is 14.0. The number of morpholine rings is 1. The highest BCUT2D eigenvalue weighted by molar-refractivity contribution is 6.31. The van der Waals surface area contributed by atoms with Crippen molar-refractivity contribution >= 4 is 46.9 Å². The summed E-state index contributed by atoms with van der Waals surface area (Å²) in [5.74, 6) is -3.03. The molecule has 0 aromatic heterocycles. The van der Waals surface area contributed by atoms with Crippen LogP contribution in [-0.4, -0.2) is 84.5 Å². The molecule has 218 valence electrons. The molecular weight excluding hydrogens is 578 g/mol. The molecule has 2 amide bonds. The number of alkyl halides is 3. The fraction of sp³-hybridized carbons (Fsp3) is 0.423. The molecule has 9 nitrogen and oxygen atoms in total. The molecule has 40 heavy (non-hydrogen) atoms. The van der Waals surface area contributed by atoms with E-state index in [2.05, 4.69) is 10.2 Å². The van der Waals surface area contributed by atoms with Gasteiger partial charge in [-0.1, -0.05) is 41.4 Å². The lowest BCUT2D eigenvalue weighted by atomic mass is 10.0. The molecule has 4 rings (SSSR count). The average Bonchev–Trinajstić information content (AvgIpc) is 2.93. The number of likely N-dealkylation sites (tertiary alicyclic amines) is 1. The standard InChI is InChI=1S/C24H27Cl2N3O4.C2HF3O2/c25-17-5-7-18(8-6-17)27-24(31)33-22(20-3-1-2-4-21(20)26)23(30)29-11-9-19(10-12-29)28-13-15-32-16-14-28;3-2(4,5)1(6)7/h1-8,19,22H,9-16H2,(H,27,31);(H,6,7)/t22-;/m1./s1. The number of piperidine rings is 1. The van der Waals surface area contributed by atoms with E-state index >= 15 is 0 Å². The Labute approximate surface area is 238 Å². The summed E-state index contributed by atoms with van der Waals surface area (Å²) >= 11 is 12.3. The zero-order chi connectivity index (χ0) is 29.3. The molecule has 1 atom stereocenters. The number of hydrogen-bond acceptors (Lipinski definition) is 6. The third kappa shape index (κ3) is 9.26. The van der Waals surface area contributed by atoms with Crippen molar-refractivity contribution in [3.63, 3.8) is 0 Å². The van der Waals surface area contributed by atoms with Crippen LogP contribution in [0.2, 0.25) is 10.0 Å². The number of hydrogen-bond donors (Lipinski definition) is 2. The first-order valence-electron chi connectivity index (χ1n) is 12.3. The van der Waals surface area contributed by atoms with Gasteiger partial charge in [-0.2, -0.15) is 13.2 Å². The number of amides is 2. The first-order chi connectivity index (χ1) is 19.0. The number of halogens is 5. The number of carbonyl (C=O) groups is 3. The van der Waals surface area contributed by atoms with E-state index in [0.717, 1.165) is 39.1 Å². The third-order valence-corrected chi connectivity index (χ3v) is 6.90. The smallest absolute Gasteiger partial charge is 0.475 e. The van der Waals surface area contributed by atoms with E-state index in [-0.39, 0.29) is 5.91 Å². The number of rotatable bonds is 5. The fourth-order valence-electron chi connectivity index (χ4n) is 4.28. The molecule has 2 saturated heterocycles. The Morgan fingerprint density at radius 1 is 0.975 bits per heavy atom. The highest BCUT2D eigenvalue weighted by atomic mass is 35.5. The van der Waals surface area contributed by atoms with Gasteiger partial charge in [0.1, 0.15) is 0 Å². The number of anilines is 1. The van der Waals surface area contributed by atoms with Crippen LogP contribution in [0.1, 0.15) is 24.5 Å². The first-order valence-corrected chi connectivity index (χ1v) is 13.1. The van der Waals surface area contributed by atoms with Gasteiger partial charge in [-0.15, -0.1) is 0 Å². The molecular formula is C26H28Cl2F3N3O6. The van der Waals surface area contributed by atoms with Crippen LogP contribution in [0.25, 0.3) is 0 Å². The molecule has 0 spiro atoms. The van der Waals surface area contributed by atoms with Crippen LogP contribution >= 0.6 is 23.2 Å². The zero-order valence-corrected chi connectivity index (χ0v) is 22.7. The molecule has 2 N–H and O–H groups in total. The molecule has 2 aromatic carbocycles. The highest BCUT2D eigenvalue weighted by Crippen LogP contribution is 2.30. The second-order valence-corrected chi connectivity index (χ2v) is 9.79. The van der Waals surface area contributed by atoms with Crippen LogP contribution in [0.5, 0.6) is 0 Å². The van der Waals surface area contributed by atoms with Gasteiger partial charge in [0.25, 0.3) is 5.91 Å². The molecule has 2 fully saturated rings. The first kappa shape index (κ1) is 31.5. The maximum absolute atomic E-state index is 13.5. The molecule has 2 aliphatic rings. The van der Waals surface area contributed by atoms with Crippen molar-refractivity contribution < 1.29 is 42.1 Å². The lowest BCUT2D eigenvalue weighted by Gasteiger charge is -2.40. The molecule has 2 aliphatic heterocycles. The SMILES string of the molecule is O=C(Nc1ccc(Cl)cc1)O[C@@H](C(=O)N1CCC(N2CCOCC2)CC1)c1ccccc1Cl.O=C(O)C(F)(F)F. The van der Waals surface area contributed by atoms with Gasteiger partial charge in [-0.05, 0) is 43.2 Å². The molecule has 0 aliphatic carbocycles. The van der Waals surface area contributed by atoms with Crippen LogP contribution in [0.4, 0.5) is 23.7 Å². The minimum absolute atomic E-state index is 0.269. The maximum Gasteiger partial charge on any atom is 0.490 e. The van der Waals surface area contributed by atoms with Crippen molar-refractivity contribution in [1.29, 1.82) is 0 Å². The predicted octanol–water partition coefficient (Wildman–Crippen LogP) is 5.24. The molecule has 0 radical (unpaired) electrons. The van der Waals surface area contributed by atoms with Crippen molar-refractivity contribution in [2.45, 2.75) is 31.2 Å². The second-order valence-electron chi connectivity index (χ2n) is 8.95. The van der Waals surface area contributed by atoms with Crippen molar-refractivity contribution in [1.82, 2.24) is 9.80 Å². The van der Waals surface area contributed by atoms with Crippen LogP contribution in [-0.2, 0) is 19.1 Å². The van der Waals surface area contributed by atoms with Gasteiger partial charge in [-0.3, -0.25) is 15.0 Å². The molecule has 2 aromatic rings. The third-order valence-electron chi connectivity index (χ3n) is 6.31. The minimum atomic E-state index is -5.08. The van der Waals surface area contributed by atoms with Crippen molar-refractivity contribution in [3.8, 4) is 0 Å². The minimum Gasteiger partial charge on any atom is -0.475 e. The largest absolute Gasteiger partial charge is 0.490 e. The Morgan fingerprint density at radius 3 is 2.10 bits per heavy atom. The summed E-state index contributed by atoms with van der Waals surface area (Å²) in [4.78, 5) is 39.2. The Hall–Kier alpha value is -3.06. The molecule has 14 heteroatoms. The van der Waals surface area contributed by atoms with E-state index in [9.17, 15) is 22.8 Å². The van der Waals surface area contributed by atoms with E-state index in [4.69, 9.17) is 42.6 Å². The summed E-state index contributed by atoms with van der Waals surface area (Å²) in [6.07, 6.45) is -5.21. The monoisotopic (exact) mass is 605 g/mol. The number of carboxylic acids is 1. The van der Waals surface area contributed by atoms with Gasteiger partial charge in [0.05, 0.1) is 13.2 Å². The Bertz CT molecular complexity index is 1160. The van der Waals surface area contributed by atoms with Crippen LogP contribution < -0.4 is 5.32 Å². The summed E-state index contributed by atoms with van der Waals surface area (Å²) in [7, 11) is 0. The van der Waals surface area contributed by atoms with Crippen molar-refractivity contribution in [2.24, 2.45) is 0 Å². The van der Waals surface area contributed by atoms with Gasteiger partial charge < -0.3 is 19.5 Å². The molecule has 0 unspecified atom stereocenters. The number of ether oxygens (including phenoxy) is 2. The fourth-order valence-corrected chi connectivity index (χ4v) is 4.64. The normalized spacial score (nSPS) is 17.3. The van der Waals surface area contributed by atoms with Gasteiger partial charge in [0.2, 0.25) is 6.10 Å². The Balaban J connectivity index is 0.000000559. The summed E-state index contributed by atoms with van der Waals surface area (Å²) < 4.78 is 42.8. The molecule has 2 heterocycles. The predicted molar refractivity (Wildman–Crippen MR) is 141 cm³/mol. The number of aliphatic carboxylic acids is 1. The van der Waals surface area contributed by atoms with Crippen molar-refractivity contribution in [3.05, 3.63) is 64.1 Å². The topological polar surface area (TPSA) is 108 Å². The molecule has 0 saturated carbocycles. The van der Waals surface area contributed by atoms with Gasteiger partial charge in [0.15, 0.2) is 0 Å². The number of nitrogens with one attached hydrogen (secondary N) is 1. The summed E-state index contributed by atoms with van der Waals surface area (Å²) in [5, 5.41) is 10.7. The van der Waals surface area contributed by atoms with Crippen LogP contribution in [0, 0.1) is 0 Å². The lowest BCUT2D eigenvalue weighted by Crippen LogP contribution is -2.51. The second kappa shape index (κ2) is 14.5. The Morgan fingerprint density at radius 2 is 1.55 bits per heavy atom. The summed E-state index contributed by atoms with van der Waals surface area (Å²) in [6.45, 7) is 4.56. The quantitative estimate of drug-likeness (QED) is 0.480. The number of nitrogens with zero attached hydrogens (tertiary/aromatic N) is 2. The van der Waals surface area contributed by atoms with Crippen LogP contribution in [0.3, 0.4) is 0 Å². The van der Waals surface area contributed by atoms with Gasteiger partial charge in [0, 0.05) is 53.5 Å². The lowest BCUT2D eigenvalue weighted by molar-refractivity contribution is -0.192. The van der Waals surface area contributed by atoms with Crippen LogP contribution in [0.15, 0.2) is 48.5 Å². The van der Waals surface area contributed by atoms with E-state index in [0.29, 0.717) is 40.4 Å². The van der Waals surface area contributed by atoms with Gasteiger partial charge >= 0.3 is 18.2 Å². The zero-order valence-electron chi connectivity index (χ0n) is 21.2. The number of benzene rings is 2. The summed E-state index contributed by atoms with van der Waals surface area (Å²) in [5.41, 5.74) is 0.979.